The molecule has 0 spiro atoms. The summed E-state index contributed by atoms with van der Waals surface area (Å²) in [5.74, 6) is 0. The first-order chi connectivity index (χ1) is 6.24. The smallest absolute Gasteiger partial charge is 0.0713 e. The maximum absolute atomic E-state index is 5.64. The van der Waals surface area contributed by atoms with Crippen molar-refractivity contribution in [3.8, 4) is 0 Å². The molecule has 2 nitrogen and oxygen atoms in total. The number of rotatable bonds is 2. The number of benzene rings is 1. The number of ether oxygens (including phenoxy) is 1. The molecule has 0 unspecified atom stereocenters. The fourth-order valence-corrected chi connectivity index (χ4v) is 0.994. The highest BCUT2D eigenvalue weighted by Crippen LogP contribution is 2.12. The molecule has 0 bridgehead atoms. The Kier molecular flexibility index (Phi) is 5.98. The number of hydrogen-bond acceptors (Lipinski definition) is 2. The lowest BCUT2D eigenvalue weighted by atomic mass is 10.1. The van der Waals surface area contributed by atoms with Crippen molar-refractivity contribution in [3.63, 3.8) is 0 Å². The van der Waals surface area contributed by atoms with Gasteiger partial charge in [-0.3, -0.25) is 0 Å². The first-order valence-corrected chi connectivity index (χ1v) is 4.58. The van der Waals surface area contributed by atoms with Crippen LogP contribution in [0.3, 0.4) is 0 Å². The summed E-state index contributed by atoms with van der Waals surface area (Å²) < 4.78 is 4.98. The van der Waals surface area contributed by atoms with E-state index in [0.717, 1.165) is 11.3 Å². The third-order valence-corrected chi connectivity index (χ3v) is 1.65. The summed E-state index contributed by atoms with van der Waals surface area (Å²) in [4.78, 5) is 0. The van der Waals surface area contributed by atoms with Crippen molar-refractivity contribution in [2.45, 2.75) is 27.4 Å². The lowest BCUT2D eigenvalue weighted by Crippen LogP contribution is -1.92. The van der Waals surface area contributed by atoms with Crippen molar-refractivity contribution < 1.29 is 4.74 Å². The Morgan fingerprint density at radius 2 is 1.92 bits per heavy atom. The van der Waals surface area contributed by atoms with Crippen molar-refractivity contribution in [1.29, 1.82) is 0 Å². The predicted octanol–water partition coefficient (Wildman–Crippen LogP) is 2.75. The van der Waals surface area contributed by atoms with Crippen LogP contribution in [0.4, 0.5) is 5.69 Å². The van der Waals surface area contributed by atoms with Gasteiger partial charge in [0.25, 0.3) is 0 Å². The van der Waals surface area contributed by atoms with Crippen molar-refractivity contribution in [1.82, 2.24) is 0 Å². The van der Waals surface area contributed by atoms with Crippen LogP contribution < -0.4 is 5.73 Å². The SMILES string of the molecule is CC.COCc1ccc(N)c(C)c1. The lowest BCUT2D eigenvalue weighted by molar-refractivity contribution is 0.185. The second kappa shape index (κ2) is 6.49. The topological polar surface area (TPSA) is 35.2 Å². The van der Waals surface area contributed by atoms with Gasteiger partial charge in [-0.1, -0.05) is 26.0 Å². The van der Waals surface area contributed by atoms with E-state index in [0.29, 0.717) is 6.61 Å². The molecule has 1 aromatic carbocycles. The van der Waals surface area contributed by atoms with Gasteiger partial charge in [0, 0.05) is 12.8 Å². The Bertz CT molecular complexity index is 246. The molecule has 0 saturated heterocycles. The summed E-state index contributed by atoms with van der Waals surface area (Å²) in [5.41, 5.74) is 8.76. The second-order valence-electron chi connectivity index (χ2n) is 2.62. The normalized spacial score (nSPS) is 8.92. The summed E-state index contributed by atoms with van der Waals surface area (Å²) >= 11 is 0. The fourth-order valence-electron chi connectivity index (χ4n) is 0.994. The molecule has 0 aliphatic heterocycles. The van der Waals surface area contributed by atoms with Gasteiger partial charge >= 0.3 is 0 Å². The summed E-state index contributed by atoms with van der Waals surface area (Å²) in [6, 6.07) is 5.92. The van der Waals surface area contributed by atoms with Crippen LogP contribution >= 0.6 is 0 Å². The Morgan fingerprint density at radius 3 is 2.38 bits per heavy atom. The van der Waals surface area contributed by atoms with Gasteiger partial charge < -0.3 is 10.5 Å². The molecule has 2 heteroatoms. The zero-order valence-corrected chi connectivity index (χ0v) is 8.92. The van der Waals surface area contributed by atoms with Gasteiger partial charge in [0.05, 0.1) is 6.61 Å². The van der Waals surface area contributed by atoms with E-state index in [9.17, 15) is 0 Å². The largest absolute Gasteiger partial charge is 0.399 e. The Labute approximate surface area is 80.7 Å². The third-order valence-electron chi connectivity index (χ3n) is 1.65. The molecular formula is C11H19NO. The number of aryl methyl sites for hydroxylation is 1. The first-order valence-electron chi connectivity index (χ1n) is 4.58. The monoisotopic (exact) mass is 181 g/mol. The van der Waals surface area contributed by atoms with Crippen LogP contribution in [-0.2, 0) is 11.3 Å². The molecule has 0 amide bonds. The molecule has 74 valence electrons. The standard InChI is InChI=1S/C9H13NO.C2H6/c1-7-5-8(6-11-2)3-4-9(7)10;1-2/h3-5H,6,10H2,1-2H3;1-2H3. The minimum atomic E-state index is 0.654. The van der Waals surface area contributed by atoms with Crippen LogP contribution in [0.1, 0.15) is 25.0 Å². The highest BCUT2D eigenvalue weighted by Gasteiger charge is 1.94. The molecule has 1 aromatic rings. The highest BCUT2D eigenvalue weighted by molar-refractivity contribution is 5.47. The minimum Gasteiger partial charge on any atom is -0.399 e. The molecular weight excluding hydrogens is 162 g/mol. The van der Waals surface area contributed by atoms with E-state index in [1.807, 2.05) is 39.0 Å². The van der Waals surface area contributed by atoms with E-state index in [2.05, 4.69) is 0 Å². The van der Waals surface area contributed by atoms with E-state index in [1.165, 1.54) is 5.56 Å². The van der Waals surface area contributed by atoms with Crippen LogP contribution in [0.2, 0.25) is 0 Å². The van der Waals surface area contributed by atoms with Gasteiger partial charge in [-0.2, -0.15) is 0 Å². The van der Waals surface area contributed by atoms with E-state index in [-0.39, 0.29) is 0 Å². The van der Waals surface area contributed by atoms with Gasteiger partial charge in [-0.15, -0.1) is 0 Å². The van der Waals surface area contributed by atoms with Gasteiger partial charge in [0.1, 0.15) is 0 Å². The van der Waals surface area contributed by atoms with Crippen molar-refractivity contribution in [3.05, 3.63) is 29.3 Å². The summed E-state index contributed by atoms with van der Waals surface area (Å²) in [6.07, 6.45) is 0. The number of methoxy groups -OCH3 is 1. The molecule has 0 aliphatic rings. The van der Waals surface area contributed by atoms with Crippen LogP contribution in [-0.4, -0.2) is 7.11 Å². The third kappa shape index (κ3) is 3.95. The maximum Gasteiger partial charge on any atom is 0.0713 e. The predicted molar refractivity (Wildman–Crippen MR) is 57.7 cm³/mol. The summed E-state index contributed by atoms with van der Waals surface area (Å²) in [7, 11) is 1.69. The average Bonchev–Trinajstić information content (AvgIpc) is 2.15. The van der Waals surface area contributed by atoms with E-state index < -0.39 is 0 Å². The zero-order valence-electron chi connectivity index (χ0n) is 8.92. The lowest BCUT2D eigenvalue weighted by Gasteiger charge is -2.03. The Balaban J connectivity index is 0.000000671. The number of anilines is 1. The summed E-state index contributed by atoms with van der Waals surface area (Å²) in [6.45, 7) is 6.65. The van der Waals surface area contributed by atoms with E-state index >= 15 is 0 Å². The Hall–Kier alpha value is -1.02. The highest BCUT2D eigenvalue weighted by atomic mass is 16.5. The second-order valence-corrected chi connectivity index (χ2v) is 2.62. The quantitative estimate of drug-likeness (QED) is 0.712. The Morgan fingerprint density at radius 1 is 1.31 bits per heavy atom. The van der Waals surface area contributed by atoms with Gasteiger partial charge in [-0.05, 0) is 24.1 Å². The number of nitrogens with two attached hydrogens (primary N) is 1. The molecule has 0 radical (unpaired) electrons. The molecule has 0 heterocycles. The van der Waals surface area contributed by atoms with Crippen LogP contribution in [0.15, 0.2) is 18.2 Å². The molecule has 2 N–H and O–H groups in total. The molecule has 13 heavy (non-hydrogen) atoms. The van der Waals surface area contributed by atoms with Crippen molar-refractivity contribution >= 4 is 5.69 Å². The van der Waals surface area contributed by atoms with Crippen LogP contribution in [0.25, 0.3) is 0 Å². The fraction of sp³-hybridized carbons (Fsp3) is 0.455. The molecule has 0 aromatic heterocycles. The first kappa shape index (κ1) is 12.0. The maximum atomic E-state index is 5.64. The number of hydrogen-bond donors (Lipinski definition) is 1. The molecule has 0 fully saturated rings. The molecule has 1 rings (SSSR count). The van der Waals surface area contributed by atoms with Crippen molar-refractivity contribution in [2.24, 2.45) is 0 Å². The number of nitrogen functional groups attached to an aromatic ring is 1. The van der Waals surface area contributed by atoms with Gasteiger partial charge in [-0.25, -0.2) is 0 Å². The molecule has 0 saturated carbocycles. The van der Waals surface area contributed by atoms with Crippen molar-refractivity contribution in [2.75, 3.05) is 12.8 Å². The molecule has 0 atom stereocenters. The summed E-state index contributed by atoms with van der Waals surface area (Å²) in [5, 5.41) is 0. The van der Waals surface area contributed by atoms with E-state index in [4.69, 9.17) is 10.5 Å². The van der Waals surface area contributed by atoms with E-state index in [1.54, 1.807) is 7.11 Å². The average molecular weight is 181 g/mol. The minimum absolute atomic E-state index is 0.654. The van der Waals surface area contributed by atoms with Gasteiger partial charge in [0.2, 0.25) is 0 Å². The van der Waals surface area contributed by atoms with Crippen LogP contribution in [0, 0.1) is 6.92 Å². The zero-order chi connectivity index (χ0) is 10.3. The van der Waals surface area contributed by atoms with Gasteiger partial charge in [0.15, 0.2) is 0 Å². The van der Waals surface area contributed by atoms with Crippen LogP contribution in [0.5, 0.6) is 0 Å². The molecule has 0 aliphatic carbocycles.